The first kappa shape index (κ1) is 44.5. The molecule has 2 heterocycles. The van der Waals surface area contributed by atoms with Crippen LogP contribution in [-0.2, 0) is 43.0 Å². The Morgan fingerprint density at radius 2 is 1.64 bits per heavy atom. The highest BCUT2D eigenvalue weighted by molar-refractivity contribution is 5.97. The van der Waals surface area contributed by atoms with Crippen molar-refractivity contribution in [2.75, 3.05) is 0 Å². The first-order valence-corrected chi connectivity index (χ1v) is 22.8. The molecule has 13 atom stereocenters. The van der Waals surface area contributed by atoms with Gasteiger partial charge < -0.3 is 24.4 Å². The van der Waals surface area contributed by atoms with Gasteiger partial charge in [-0.15, -0.1) is 0 Å². The van der Waals surface area contributed by atoms with Crippen molar-refractivity contribution in [2.45, 2.75) is 175 Å². The van der Waals surface area contributed by atoms with Crippen LogP contribution in [0.5, 0.6) is 0 Å². The molecule has 11 nitrogen and oxygen atoms in total. The molecule has 1 spiro atoms. The summed E-state index contributed by atoms with van der Waals surface area (Å²) in [6, 6.07) is 0. The molecule has 0 radical (unpaired) electrons. The number of cyclic esters (lactones) is 4. The number of ether oxygens (including phenoxy) is 3. The number of aliphatic carboxylic acids is 2. The summed E-state index contributed by atoms with van der Waals surface area (Å²) in [6.45, 7) is 10.8. The summed E-state index contributed by atoms with van der Waals surface area (Å²) in [6.07, 6.45) is 18.1. The molecule has 7 aliphatic rings. The number of hydrogen-bond donors (Lipinski definition) is 2. The van der Waals surface area contributed by atoms with E-state index in [0.717, 1.165) is 70.6 Å². The van der Waals surface area contributed by atoms with E-state index in [2.05, 4.69) is 39.8 Å². The van der Waals surface area contributed by atoms with Crippen molar-refractivity contribution in [1.82, 2.24) is 0 Å². The summed E-state index contributed by atoms with van der Waals surface area (Å²) in [5.74, 6) is -5.38. The van der Waals surface area contributed by atoms with Gasteiger partial charge in [0, 0.05) is 11.8 Å². The maximum absolute atomic E-state index is 13.7. The van der Waals surface area contributed by atoms with Gasteiger partial charge in [0.15, 0.2) is 0 Å². The lowest BCUT2D eigenvalue weighted by atomic mass is 9.38. The van der Waals surface area contributed by atoms with Crippen LogP contribution in [0.3, 0.4) is 0 Å². The Hall–Kier alpha value is -3.08. The molecule has 0 amide bonds. The Bertz CT molecular complexity index is 1590. The number of allylic oxidation sites excluding steroid dienone is 1. The Balaban J connectivity index is 1.37. The Kier molecular flexibility index (Phi) is 14.0. The topological polar surface area (TPSA) is 171 Å². The van der Waals surface area contributed by atoms with Crippen LogP contribution in [0.15, 0.2) is 12.2 Å². The van der Waals surface area contributed by atoms with Crippen LogP contribution in [-0.4, -0.2) is 58.2 Å². The first-order valence-electron chi connectivity index (χ1n) is 22.8. The number of carboxylic acids is 2. The standard InChI is InChI=1S/C47H70O11/c1-6-7-8-10-14-18-30(24-29(31-26-37(50)57-41(31)51)17-13-11-9-12-15-19-36(48)49)56-40-38(28(2)3)32-25-35-45(4)21-16-22-46(5,44(54)55)34(45)20-23-47(35,40)27-33-39(32)43(53)58-42(33)52/h14,18,28-35,38-40H,6-13,15-17,19-27H2,1-5H3,(H,48,49)(H,54,55)/b18-14+. The van der Waals surface area contributed by atoms with Gasteiger partial charge >= 0.3 is 35.8 Å². The normalized spacial score (nSPS) is 37.9. The zero-order valence-corrected chi connectivity index (χ0v) is 35.7. The van der Waals surface area contributed by atoms with Crippen molar-refractivity contribution in [2.24, 2.45) is 69.5 Å². The highest BCUT2D eigenvalue weighted by Crippen LogP contribution is 2.74. The lowest BCUT2D eigenvalue weighted by Crippen LogP contribution is -2.65. The number of unbranched alkanes of at least 4 members (excludes halogenated alkanes) is 7. The summed E-state index contributed by atoms with van der Waals surface area (Å²) < 4.78 is 18.2. The first-order chi connectivity index (χ1) is 27.6. The molecule has 7 fully saturated rings. The molecule has 2 aliphatic heterocycles. The average Bonchev–Trinajstić information content (AvgIpc) is 3.52. The highest BCUT2D eigenvalue weighted by Gasteiger charge is 2.73. The quantitative estimate of drug-likeness (QED) is 0.0520. The number of rotatable bonds is 20. The number of fused-ring (bicyclic) bond motifs is 2. The van der Waals surface area contributed by atoms with Gasteiger partial charge in [0.05, 0.1) is 41.8 Å². The summed E-state index contributed by atoms with van der Waals surface area (Å²) in [4.78, 5) is 77.1. The van der Waals surface area contributed by atoms with Crippen LogP contribution in [0, 0.1) is 69.5 Å². The lowest BCUT2D eigenvalue weighted by Gasteiger charge is -2.67. The molecule has 2 bridgehead atoms. The third-order valence-corrected chi connectivity index (χ3v) is 16.4. The highest BCUT2D eigenvalue weighted by atomic mass is 16.6. The van der Waals surface area contributed by atoms with E-state index in [1.165, 1.54) is 0 Å². The van der Waals surface area contributed by atoms with Crippen molar-refractivity contribution in [3.05, 3.63) is 12.2 Å². The van der Waals surface area contributed by atoms with E-state index in [1.54, 1.807) is 0 Å². The number of carboxylic acid groups (broad SMARTS) is 2. The predicted molar refractivity (Wildman–Crippen MR) is 215 cm³/mol. The summed E-state index contributed by atoms with van der Waals surface area (Å²) in [5, 5.41) is 19.7. The molecule has 11 heteroatoms. The number of carbonyl (C=O) groups excluding carboxylic acids is 4. The minimum absolute atomic E-state index is 0.0385. The molecule has 324 valence electrons. The molecule has 5 aliphatic carbocycles. The molecule has 0 aromatic rings. The van der Waals surface area contributed by atoms with Crippen molar-refractivity contribution in [3.63, 3.8) is 0 Å². The van der Waals surface area contributed by atoms with Crippen LogP contribution in [0.1, 0.15) is 163 Å². The monoisotopic (exact) mass is 810 g/mol. The van der Waals surface area contributed by atoms with E-state index < -0.39 is 70.5 Å². The fourth-order valence-electron chi connectivity index (χ4n) is 13.8. The van der Waals surface area contributed by atoms with Gasteiger partial charge in [-0.25, -0.2) is 0 Å². The molecule has 5 saturated carbocycles. The zero-order chi connectivity index (χ0) is 42.0. The van der Waals surface area contributed by atoms with Gasteiger partial charge in [-0.2, -0.15) is 0 Å². The summed E-state index contributed by atoms with van der Waals surface area (Å²) >= 11 is 0. The average molecular weight is 811 g/mol. The maximum atomic E-state index is 13.7. The van der Waals surface area contributed by atoms with Gasteiger partial charge in [0.25, 0.3) is 0 Å². The van der Waals surface area contributed by atoms with Crippen molar-refractivity contribution >= 4 is 35.8 Å². The van der Waals surface area contributed by atoms with Crippen molar-refractivity contribution in [1.29, 1.82) is 0 Å². The van der Waals surface area contributed by atoms with Crippen LogP contribution in [0.25, 0.3) is 0 Å². The lowest BCUT2D eigenvalue weighted by molar-refractivity contribution is -0.242. The molecule has 0 aromatic heterocycles. The molecule has 58 heavy (non-hydrogen) atoms. The minimum Gasteiger partial charge on any atom is -0.481 e. The SMILES string of the molecule is CCCCC/C=C/C(CC(CCCCCCCC(=O)O)C1CC(=O)OC1=O)OC1C(C(C)C)C2CC3C4(C)CCCC(C)(C(=O)O)C4CCC13CC1C(=O)OC(=O)C12. The Labute approximate surface area is 345 Å². The Morgan fingerprint density at radius 3 is 2.31 bits per heavy atom. The van der Waals surface area contributed by atoms with Crippen LogP contribution >= 0.6 is 0 Å². The number of esters is 4. The molecule has 0 aromatic carbocycles. The molecule has 2 saturated heterocycles. The van der Waals surface area contributed by atoms with Crippen LogP contribution in [0.4, 0.5) is 0 Å². The van der Waals surface area contributed by atoms with Gasteiger partial charge in [0.2, 0.25) is 0 Å². The molecule has 13 unspecified atom stereocenters. The summed E-state index contributed by atoms with van der Waals surface area (Å²) in [7, 11) is 0. The second-order valence-electron chi connectivity index (χ2n) is 20.1. The van der Waals surface area contributed by atoms with Gasteiger partial charge in [-0.3, -0.25) is 28.8 Å². The van der Waals surface area contributed by atoms with Crippen LogP contribution in [0.2, 0.25) is 0 Å². The third kappa shape index (κ3) is 8.58. The van der Waals surface area contributed by atoms with Gasteiger partial charge in [-0.1, -0.05) is 84.8 Å². The largest absolute Gasteiger partial charge is 0.481 e. The van der Waals surface area contributed by atoms with Crippen molar-refractivity contribution < 1.29 is 53.2 Å². The van der Waals surface area contributed by atoms with Crippen LogP contribution < -0.4 is 0 Å². The number of carbonyl (C=O) groups is 6. The zero-order valence-electron chi connectivity index (χ0n) is 35.7. The second kappa shape index (κ2) is 18.3. The summed E-state index contributed by atoms with van der Waals surface area (Å²) in [5.41, 5.74) is -1.69. The third-order valence-electron chi connectivity index (χ3n) is 16.4. The fraction of sp³-hybridized carbons (Fsp3) is 0.830. The van der Waals surface area contributed by atoms with E-state index in [-0.39, 0.29) is 59.9 Å². The van der Waals surface area contributed by atoms with E-state index in [1.807, 2.05) is 6.92 Å². The van der Waals surface area contributed by atoms with E-state index in [9.17, 15) is 33.9 Å². The smallest absolute Gasteiger partial charge is 0.317 e. The molecular weight excluding hydrogens is 741 g/mol. The number of hydrogen-bond acceptors (Lipinski definition) is 9. The minimum atomic E-state index is -0.862. The molecular formula is C47H70O11. The molecule has 2 N–H and O–H groups in total. The second-order valence-corrected chi connectivity index (χ2v) is 20.1. The van der Waals surface area contributed by atoms with E-state index >= 15 is 0 Å². The van der Waals surface area contributed by atoms with Gasteiger partial charge in [0.1, 0.15) is 0 Å². The predicted octanol–water partition coefficient (Wildman–Crippen LogP) is 9.09. The van der Waals surface area contributed by atoms with Crippen molar-refractivity contribution in [3.8, 4) is 0 Å². The Morgan fingerprint density at radius 1 is 0.897 bits per heavy atom. The maximum Gasteiger partial charge on any atom is 0.317 e. The van der Waals surface area contributed by atoms with E-state index in [4.69, 9.17) is 19.3 Å². The fourth-order valence-corrected chi connectivity index (χ4v) is 13.8. The van der Waals surface area contributed by atoms with Gasteiger partial charge in [-0.05, 0) is 118 Å². The van der Waals surface area contributed by atoms with E-state index in [0.29, 0.717) is 44.9 Å². The molecule has 7 rings (SSSR count).